The maximum Gasteiger partial charge on any atom is 0.268 e. The van der Waals surface area contributed by atoms with Crippen LogP contribution >= 0.6 is 11.3 Å². The zero-order valence-corrected chi connectivity index (χ0v) is 12.7. The van der Waals surface area contributed by atoms with Crippen molar-refractivity contribution in [1.29, 1.82) is 5.26 Å². The second-order valence-electron chi connectivity index (χ2n) is 4.58. The topological polar surface area (TPSA) is 78.9 Å². The molecule has 2 heterocycles. The number of nitrogens with one attached hydrogen (secondary N) is 1. The van der Waals surface area contributed by atoms with Crippen molar-refractivity contribution in [2.75, 3.05) is 5.32 Å². The highest BCUT2D eigenvalue weighted by molar-refractivity contribution is 7.14. The van der Waals surface area contributed by atoms with Crippen LogP contribution in [0.2, 0.25) is 0 Å². The van der Waals surface area contributed by atoms with Gasteiger partial charge in [0, 0.05) is 16.5 Å². The Labute approximate surface area is 136 Å². The zero-order valence-electron chi connectivity index (χ0n) is 11.9. The number of carbonyl (C=O) groups excluding carboxylic acids is 1. The van der Waals surface area contributed by atoms with Gasteiger partial charge in [-0.25, -0.2) is 4.98 Å². The molecule has 0 bridgehead atoms. The summed E-state index contributed by atoms with van der Waals surface area (Å²) in [5, 5.41) is 14.1. The fourth-order valence-electron chi connectivity index (χ4n) is 1.91. The highest BCUT2D eigenvalue weighted by Gasteiger charge is 2.12. The molecule has 0 unspecified atom stereocenters. The number of aromatic nitrogens is 1. The van der Waals surface area contributed by atoms with Gasteiger partial charge in [-0.2, -0.15) is 5.26 Å². The molecule has 5 nitrogen and oxygen atoms in total. The van der Waals surface area contributed by atoms with Crippen molar-refractivity contribution in [2.24, 2.45) is 0 Å². The molecule has 0 radical (unpaired) electrons. The van der Waals surface area contributed by atoms with E-state index in [1.54, 1.807) is 6.07 Å². The van der Waals surface area contributed by atoms with Crippen molar-refractivity contribution in [2.45, 2.75) is 0 Å². The number of nitrogens with zero attached hydrogens (tertiary/aromatic N) is 2. The number of thiazole rings is 1. The lowest BCUT2D eigenvalue weighted by Crippen LogP contribution is -2.13. The number of hydrogen-bond donors (Lipinski definition) is 1. The Kier molecular flexibility index (Phi) is 4.32. The van der Waals surface area contributed by atoms with Crippen LogP contribution in [0.4, 0.5) is 5.13 Å². The fourth-order valence-corrected chi connectivity index (χ4v) is 2.62. The third-order valence-corrected chi connectivity index (χ3v) is 3.77. The number of furan rings is 1. The minimum absolute atomic E-state index is 0.0112. The van der Waals surface area contributed by atoms with Crippen LogP contribution in [-0.4, -0.2) is 10.9 Å². The highest BCUT2D eigenvalue weighted by Crippen LogP contribution is 2.25. The van der Waals surface area contributed by atoms with Gasteiger partial charge in [0.2, 0.25) is 0 Å². The molecule has 0 saturated heterocycles. The average Bonchev–Trinajstić information content (AvgIpc) is 3.25. The van der Waals surface area contributed by atoms with E-state index in [1.807, 2.05) is 41.8 Å². The van der Waals surface area contributed by atoms with Gasteiger partial charge in [-0.3, -0.25) is 10.1 Å². The van der Waals surface area contributed by atoms with Crippen LogP contribution in [0.5, 0.6) is 0 Å². The van der Waals surface area contributed by atoms with Gasteiger partial charge in [0.25, 0.3) is 5.91 Å². The Balaban J connectivity index is 1.76. The molecule has 23 heavy (non-hydrogen) atoms. The van der Waals surface area contributed by atoms with Crippen LogP contribution in [0.25, 0.3) is 17.3 Å². The standard InChI is InChI=1S/C17H11N3O2S/c18-9-14(8-12-6-7-22-10-12)16(21)20-17-19-15(11-23-17)13-4-2-1-3-5-13/h1-8,10-11H,(H,19,20,21)/b14-8+. The highest BCUT2D eigenvalue weighted by atomic mass is 32.1. The summed E-state index contributed by atoms with van der Waals surface area (Å²) in [6.07, 6.45) is 4.40. The molecular weight excluding hydrogens is 310 g/mol. The van der Waals surface area contributed by atoms with E-state index >= 15 is 0 Å². The molecule has 1 aromatic carbocycles. The lowest BCUT2D eigenvalue weighted by molar-refractivity contribution is -0.112. The summed E-state index contributed by atoms with van der Waals surface area (Å²) in [6, 6.07) is 13.2. The van der Waals surface area contributed by atoms with E-state index in [4.69, 9.17) is 9.68 Å². The maximum absolute atomic E-state index is 12.1. The van der Waals surface area contributed by atoms with E-state index in [-0.39, 0.29) is 5.57 Å². The maximum atomic E-state index is 12.1. The minimum Gasteiger partial charge on any atom is -0.472 e. The second-order valence-corrected chi connectivity index (χ2v) is 5.44. The monoisotopic (exact) mass is 321 g/mol. The van der Waals surface area contributed by atoms with Gasteiger partial charge in [-0.15, -0.1) is 11.3 Å². The largest absolute Gasteiger partial charge is 0.472 e. The Morgan fingerprint density at radius 2 is 2.13 bits per heavy atom. The quantitative estimate of drug-likeness (QED) is 0.583. The van der Waals surface area contributed by atoms with Crippen LogP contribution in [0.15, 0.2) is 64.3 Å². The number of hydrogen-bond acceptors (Lipinski definition) is 5. The summed E-state index contributed by atoms with van der Waals surface area (Å²) in [4.78, 5) is 16.5. The van der Waals surface area contributed by atoms with Gasteiger partial charge in [-0.1, -0.05) is 30.3 Å². The number of anilines is 1. The van der Waals surface area contributed by atoms with Crippen LogP contribution in [-0.2, 0) is 4.79 Å². The summed E-state index contributed by atoms with van der Waals surface area (Å²) >= 11 is 1.31. The summed E-state index contributed by atoms with van der Waals surface area (Å²) in [7, 11) is 0. The molecule has 1 amide bonds. The molecule has 0 aliphatic carbocycles. The van der Waals surface area contributed by atoms with E-state index in [0.29, 0.717) is 10.7 Å². The third-order valence-electron chi connectivity index (χ3n) is 3.01. The molecule has 0 saturated carbocycles. The molecule has 0 fully saturated rings. The summed E-state index contributed by atoms with van der Waals surface area (Å²) in [5.74, 6) is -0.498. The fraction of sp³-hybridized carbons (Fsp3) is 0. The first-order chi connectivity index (χ1) is 11.3. The van der Waals surface area contributed by atoms with Crippen molar-refractivity contribution in [3.8, 4) is 17.3 Å². The Hall–Kier alpha value is -3.17. The number of rotatable bonds is 4. The molecule has 0 aliphatic rings. The van der Waals surface area contributed by atoms with Gasteiger partial charge in [0.05, 0.1) is 18.2 Å². The Bertz CT molecular complexity index is 874. The van der Waals surface area contributed by atoms with Gasteiger partial charge in [0.1, 0.15) is 11.6 Å². The first kappa shape index (κ1) is 14.8. The van der Waals surface area contributed by atoms with Crippen molar-refractivity contribution >= 4 is 28.5 Å². The van der Waals surface area contributed by atoms with Crippen molar-refractivity contribution in [1.82, 2.24) is 4.98 Å². The molecule has 0 spiro atoms. The predicted octanol–water partition coefficient (Wildman–Crippen LogP) is 3.95. The normalized spacial score (nSPS) is 11.0. The Morgan fingerprint density at radius 1 is 1.30 bits per heavy atom. The van der Waals surface area contributed by atoms with Crippen LogP contribution in [0.3, 0.4) is 0 Å². The predicted molar refractivity (Wildman–Crippen MR) is 88.5 cm³/mol. The summed E-state index contributed by atoms with van der Waals surface area (Å²) in [5.41, 5.74) is 2.39. The number of amides is 1. The van der Waals surface area contributed by atoms with Gasteiger partial charge in [0.15, 0.2) is 5.13 Å². The number of benzene rings is 1. The van der Waals surface area contributed by atoms with Crippen LogP contribution in [0.1, 0.15) is 5.56 Å². The van der Waals surface area contributed by atoms with Gasteiger partial charge < -0.3 is 4.42 Å². The second kappa shape index (κ2) is 6.73. The van der Waals surface area contributed by atoms with Gasteiger partial charge >= 0.3 is 0 Å². The molecule has 1 N–H and O–H groups in total. The van der Waals surface area contributed by atoms with Gasteiger partial charge in [-0.05, 0) is 12.1 Å². The third kappa shape index (κ3) is 3.54. The molecule has 3 rings (SSSR count). The van der Waals surface area contributed by atoms with E-state index in [2.05, 4.69) is 10.3 Å². The first-order valence-electron chi connectivity index (χ1n) is 6.72. The van der Waals surface area contributed by atoms with Crippen molar-refractivity contribution in [3.05, 3.63) is 65.4 Å². The lowest BCUT2D eigenvalue weighted by Gasteiger charge is -1.99. The SMILES string of the molecule is N#C/C(=C\c1ccoc1)C(=O)Nc1nc(-c2ccccc2)cs1. The first-order valence-corrected chi connectivity index (χ1v) is 7.60. The average molecular weight is 321 g/mol. The van der Waals surface area contributed by atoms with E-state index in [0.717, 1.165) is 11.3 Å². The molecule has 3 aromatic rings. The smallest absolute Gasteiger partial charge is 0.268 e. The summed E-state index contributed by atoms with van der Waals surface area (Å²) in [6.45, 7) is 0. The molecule has 0 aliphatic heterocycles. The summed E-state index contributed by atoms with van der Waals surface area (Å²) < 4.78 is 4.91. The van der Waals surface area contributed by atoms with E-state index < -0.39 is 5.91 Å². The molecule has 112 valence electrons. The molecule has 0 atom stereocenters. The van der Waals surface area contributed by atoms with Crippen LogP contribution < -0.4 is 5.32 Å². The zero-order chi connectivity index (χ0) is 16.1. The molecule has 2 aromatic heterocycles. The van der Waals surface area contributed by atoms with Crippen LogP contribution in [0, 0.1) is 11.3 Å². The minimum atomic E-state index is -0.498. The molecule has 6 heteroatoms. The molecular formula is C17H11N3O2S. The van der Waals surface area contributed by atoms with E-state index in [9.17, 15) is 4.79 Å². The van der Waals surface area contributed by atoms with Crippen molar-refractivity contribution in [3.63, 3.8) is 0 Å². The number of carbonyl (C=O) groups is 1. The Morgan fingerprint density at radius 3 is 2.83 bits per heavy atom. The van der Waals surface area contributed by atoms with Crippen molar-refractivity contribution < 1.29 is 9.21 Å². The van der Waals surface area contributed by atoms with E-state index in [1.165, 1.54) is 29.9 Å². The number of nitriles is 1. The lowest BCUT2D eigenvalue weighted by atomic mass is 10.2.